The highest BCUT2D eigenvalue weighted by molar-refractivity contribution is 9.10. The fourth-order valence-electron chi connectivity index (χ4n) is 2.84. The van der Waals surface area contributed by atoms with Crippen LogP contribution in [0.25, 0.3) is 0 Å². The predicted molar refractivity (Wildman–Crippen MR) is 73.3 cm³/mol. The van der Waals surface area contributed by atoms with Gasteiger partial charge in [0.15, 0.2) is 0 Å². The summed E-state index contributed by atoms with van der Waals surface area (Å²) < 4.78 is 1.03. The molecule has 17 heavy (non-hydrogen) atoms. The first-order valence-electron chi connectivity index (χ1n) is 6.20. The molecule has 2 rings (SSSR count). The molecular formula is C13H20BrN3. The predicted octanol–water partition coefficient (Wildman–Crippen LogP) is 2.80. The Hall–Kier alpha value is -0.450. The molecule has 1 aromatic rings. The topological polar surface area (TPSA) is 50.9 Å². The third-order valence-corrected chi connectivity index (χ3v) is 4.42. The smallest absolute Gasteiger partial charge is 0.0410 e. The van der Waals surface area contributed by atoms with E-state index in [-0.39, 0.29) is 0 Å². The van der Waals surface area contributed by atoms with Crippen LogP contribution in [-0.4, -0.2) is 11.0 Å². The van der Waals surface area contributed by atoms with Gasteiger partial charge in [-0.2, -0.15) is 0 Å². The summed E-state index contributed by atoms with van der Waals surface area (Å²) in [6.45, 7) is 2.34. The van der Waals surface area contributed by atoms with E-state index in [9.17, 15) is 0 Å². The summed E-state index contributed by atoms with van der Waals surface area (Å²) in [4.78, 5) is 4.21. The van der Waals surface area contributed by atoms with Gasteiger partial charge in [-0.1, -0.05) is 19.8 Å². The van der Waals surface area contributed by atoms with Crippen molar-refractivity contribution in [3.8, 4) is 0 Å². The molecule has 3 N–H and O–H groups in total. The van der Waals surface area contributed by atoms with Gasteiger partial charge in [-0.3, -0.25) is 16.3 Å². The lowest BCUT2D eigenvalue weighted by molar-refractivity contribution is 0.220. The van der Waals surface area contributed by atoms with Crippen LogP contribution in [0.5, 0.6) is 0 Å². The van der Waals surface area contributed by atoms with Gasteiger partial charge in [0, 0.05) is 22.9 Å². The van der Waals surface area contributed by atoms with Gasteiger partial charge < -0.3 is 0 Å². The Kier molecular flexibility index (Phi) is 4.17. The van der Waals surface area contributed by atoms with Gasteiger partial charge in [0.05, 0.1) is 0 Å². The van der Waals surface area contributed by atoms with Crippen LogP contribution in [0.15, 0.2) is 22.9 Å². The van der Waals surface area contributed by atoms with Crippen molar-refractivity contribution >= 4 is 15.9 Å². The fraction of sp³-hybridized carbons (Fsp3) is 0.615. The van der Waals surface area contributed by atoms with Crippen molar-refractivity contribution in [1.29, 1.82) is 0 Å². The molecule has 1 fully saturated rings. The lowest BCUT2D eigenvalue weighted by Gasteiger charge is -2.33. The first kappa shape index (κ1) is 13.0. The minimum absolute atomic E-state index is 0.330. The second kappa shape index (κ2) is 5.46. The van der Waals surface area contributed by atoms with Crippen molar-refractivity contribution in [1.82, 2.24) is 10.4 Å². The standard InChI is InChI=1S/C13H20BrN3/c1-13(4-2-3-5-13)12(17-15)7-10-6-11(14)9-16-8-10/h6,8-9,12,17H,2-5,7,15H2,1H3. The normalized spacial score (nSPS) is 20.4. The van der Waals surface area contributed by atoms with Gasteiger partial charge in [-0.25, -0.2) is 0 Å². The SMILES string of the molecule is CC1(C(Cc2cncc(Br)c2)NN)CCCC1. The van der Waals surface area contributed by atoms with E-state index in [1.807, 2.05) is 12.4 Å². The first-order chi connectivity index (χ1) is 8.14. The molecule has 1 heterocycles. The van der Waals surface area contributed by atoms with E-state index in [1.165, 1.54) is 31.2 Å². The number of nitrogens with zero attached hydrogens (tertiary/aromatic N) is 1. The molecule has 1 aliphatic carbocycles. The van der Waals surface area contributed by atoms with Gasteiger partial charge in [0.1, 0.15) is 0 Å². The molecule has 1 atom stereocenters. The lowest BCUT2D eigenvalue weighted by Crippen LogP contribution is -2.47. The lowest BCUT2D eigenvalue weighted by atomic mass is 9.78. The molecule has 0 aliphatic heterocycles. The number of nitrogens with two attached hydrogens (primary N) is 1. The number of nitrogens with one attached hydrogen (secondary N) is 1. The zero-order valence-electron chi connectivity index (χ0n) is 10.2. The van der Waals surface area contributed by atoms with E-state index in [1.54, 1.807) is 0 Å². The van der Waals surface area contributed by atoms with E-state index < -0.39 is 0 Å². The zero-order valence-corrected chi connectivity index (χ0v) is 11.8. The molecule has 4 heteroatoms. The van der Waals surface area contributed by atoms with Crippen LogP contribution in [0, 0.1) is 5.41 Å². The molecule has 1 saturated carbocycles. The third kappa shape index (κ3) is 3.06. The Morgan fingerprint density at radius 1 is 1.47 bits per heavy atom. The van der Waals surface area contributed by atoms with Crippen molar-refractivity contribution < 1.29 is 0 Å². The maximum Gasteiger partial charge on any atom is 0.0410 e. The fourth-order valence-corrected chi connectivity index (χ4v) is 3.25. The molecule has 0 bridgehead atoms. The van der Waals surface area contributed by atoms with Gasteiger partial charge >= 0.3 is 0 Å². The quantitative estimate of drug-likeness (QED) is 0.664. The third-order valence-electron chi connectivity index (χ3n) is 3.99. The Morgan fingerprint density at radius 2 is 2.18 bits per heavy atom. The van der Waals surface area contributed by atoms with Crippen LogP contribution < -0.4 is 11.3 Å². The van der Waals surface area contributed by atoms with Crippen LogP contribution in [0.1, 0.15) is 38.2 Å². The second-order valence-corrected chi connectivity index (χ2v) is 6.21. The highest BCUT2D eigenvalue weighted by Gasteiger charge is 2.36. The second-order valence-electron chi connectivity index (χ2n) is 5.30. The summed E-state index contributed by atoms with van der Waals surface area (Å²) >= 11 is 3.46. The van der Waals surface area contributed by atoms with E-state index in [4.69, 9.17) is 5.84 Å². The Bertz CT molecular complexity index is 375. The number of hydrazine groups is 1. The molecule has 1 unspecified atom stereocenters. The van der Waals surface area contributed by atoms with E-state index in [2.05, 4.69) is 39.3 Å². The Labute approximate surface area is 111 Å². The molecule has 94 valence electrons. The molecule has 1 aliphatic rings. The van der Waals surface area contributed by atoms with Crippen LogP contribution >= 0.6 is 15.9 Å². The summed E-state index contributed by atoms with van der Waals surface area (Å²) in [7, 11) is 0. The van der Waals surface area contributed by atoms with Crippen LogP contribution in [0.4, 0.5) is 0 Å². The van der Waals surface area contributed by atoms with E-state index >= 15 is 0 Å². The molecule has 0 aromatic carbocycles. The van der Waals surface area contributed by atoms with Gasteiger partial charge in [0.2, 0.25) is 0 Å². The van der Waals surface area contributed by atoms with Crippen molar-refractivity contribution in [3.05, 3.63) is 28.5 Å². The average Bonchev–Trinajstić information content (AvgIpc) is 2.74. The summed E-state index contributed by atoms with van der Waals surface area (Å²) in [5.41, 5.74) is 4.57. The number of pyridine rings is 1. The first-order valence-corrected chi connectivity index (χ1v) is 6.99. The van der Waals surface area contributed by atoms with Crippen molar-refractivity contribution in [2.45, 2.75) is 45.1 Å². The molecule has 3 nitrogen and oxygen atoms in total. The Balaban J connectivity index is 2.09. The summed E-state index contributed by atoms with van der Waals surface area (Å²) in [6.07, 6.45) is 9.86. The summed E-state index contributed by atoms with van der Waals surface area (Å²) in [6, 6.07) is 2.46. The highest BCUT2D eigenvalue weighted by atomic mass is 79.9. The van der Waals surface area contributed by atoms with E-state index in [0.717, 1.165) is 10.9 Å². The molecule has 0 amide bonds. The maximum absolute atomic E-state index is 5.74. The molecule has 0 spiro atoms. The van der Waals surface area contributed by atoms with Gasteiger partial charge in [-0.05, 0) is 52.2 Å². The highest BCUT2D eigenvalue weighted by Crippen LogP contribution is 2.41. The van der Waals surface area contributed by atoms with E-state index in [0.29, 0.717) is 11.5 Å². The van der Waals surface area contributed by atoms with Crippen LogP contribution in [-0.2, 0) is 6.42 Å². The number of halogens is 1. The van der Waals surface area contributed by atoms with Crippen LogP contribution in [0.2, 0.25) is 0 Å². The minimum Gasteiger partial charge on any atom is -0.271 e. The van der Waals surface area contributed by atoms with Crippen molar-refractivity contribution in [3.63, 3.8) is 0 Å². The van der Waals surface area contributed by atoms with Gasteiger partial charge in [0.25, 0.3) is 0 Å². The molecule has 1 aromatic heterocycles. The van der Waals surface area contributed by atoms with Crippen molar-refractivity contribution in [2.24, 2.45) is 11.3 Å². The number of rotatable bonds is 4. The van der Waals surface area contributed by atoms with Crippen LogP contribution in [0.3, 0.4) is 0 Å². The summed E-state index contributed by atoms with van der Waals surface area (Å²) in [5, 5.41) is 0. The molecule has 0 radical (unpaired) electrons. The number of aromatic nitrogens is 1. The molecule has 0 saturated heterocycles. The molecular weight excluding hydrogens is 278 g/mol. The van der Waals surface area contributed by atoms with Gasteiger partial charge in [-0.15, -0.1) is 0 Å². The Morgan fingerprint density at radius 3 is 2.76 bits per heavy atom. The number of hydrogen-bond donors (Lipinski definition) is 2. The maximum atomic E-state index is 5.74. The monoisotopic (exact) mass is 297 g/mol. The average molecular weight is 298 g/mol. The van der Waals surface area contributed by atoms with Crippen molar-refractivity contribution in [2.75, 3.05) is 0 Å². The zero-order chi connectivity index (χ0) is 12.3. The largest absolute Gasteiger partial charge is 0.271 e. The summed E-state index contributed by atoms with van der Waals surface area (Å²) in [5.74, 6) is 5.74. The number of hydrogen-bond acceptors (Lipinski definition) is 3. The minimum atomic E-state index is 0.330.